The molecule has 0 aromatic carbocycles. The number of hydrogen-bond acceptors (Lipinski definition) is 4. The molecule has 0 aliphatic carbocycles. The van der Waals surface area contributed by atoms with Gasteiger partial charge in [-0.25, -0.2) is 0 Å². The minimum absolute atomic E-state index is 0.317. The Morgan fingerprint density at radius 1 is 1.40 bits per heavy atom. The molecule has 0 saturated heterocycles. The van der Waals surface area contributed by atoms with Gasteiger partial charge in [0.25, 0.3) is 0 Å². The van der Waals surface area contributed by atoms with Crippen LogP contribution >= 0.6 is 0 Å². The zero-order chi connectivity index (χ0) is 11.3. The summed E-state index contributed by atoms with van der Waals surface area (Å²) in [6.45, 7) is 9.36. The molecule has 2 unspecified atom stereocenters. The molecule has 1 rings (SSSR count). The van der Waals surface area contributed by atoms with Gasteiger partial charge in [-0.2, -0.15) is 4.98 Å². The van der Waals surface area contributed by atoms with E-state index in [1.54, 1.807) is 0 Å². The van der Waals surface area contributed by atoms with Crippen molar-refractivity contribution < 1.29 is 4.52 Å². The molecule has 0 saturated carbocycles. The van der Waals surface area contributed by atoms with Crippen LogP contribution in [0.3, 0.4) is 0 Å². The molecule has 0 spiro atoms. The largest absolute Gasteiger partial charge is 0.339 e. The molecule has 1 aromatic rings. The molecule has 1 heterocycles. The summed E-state index contributed by atoms with van der Waals surface area (Å²) in [5, 5.41) is 7.30. The molecule has 0 radical (unpaired) electrons. The quantitative estimate of drug-likeness (QED) is 0.784. The lowest BCUT2D eigenvalue weighted by atomic mass is 9.98. The Morgan fingerprint density at radius 3 is 2.60 bits per heavy atom. The van der Waals surface area contributed by atoms with E-state index in [4.69, 9.17) is 4.52 Å². The second kappa shape index (κ2) is 5.85. The highest BCUT2D eigenvalue weighted by Crippen LogP contribution is 2.21. The van der Waals surface area contributed by atoms with Crippen LogP contribution in [0.25, 0.3) is 0 Å². The van der Waals surface area contributed by atoms with Crippen LogP contribution in [0.1, 0.15) is 51.2 Å². The maximum atomic E-state index is 5.22. The summed E-state index contributed by atoms with van der Waals surface area (Å²) in [7, 11) is 0. The lowest BCUT2D eigenvalue weighted by Crippen LogP contribution is -2.32. The number of nitrogens with one attached hydrogen (secondary N) is 1. The number of rotatable bonds is 6. The van der Waals surface area contributed by atoms with E-state index in [-0.39, 0.29) is 0 Å². The molecule has 0 fully saturated rings. The minimum atomic E-state index is 0.317. The van der Waals surface area contributed by atoms with Crippen LogP contribution in [0.2, 0.25) is 0 Å². The summed E-state index contributed by atoms with van der Waals surface area (Å²) < 4.78 is 5.22. The van der Waals surface area contributed by atoms with Crippen molar-refractivity contribution in [1.82, 2.24) is 15.5 Å². The Balaban J connectivity index is 2.62. The first-order chi connectivity index (χ1) is 7.19. The highest BCUT2D eigenvalue weighted by molar-refractivity contribution is 4.97. The molecule has 15 heavy (non-hydrogen) atoms. The Bertz CT molecular complexity index is 285. The molecule has 4 heteroatoms. The summed E-state index contributed by atoms with van der Waals surface area (Å²) in [5.41, 5.74) is 0. The first-order valence-corrected chi connectivity index (χ1v) is 5.72. The lowest BCUT2D eigenvalue weighted by molar-refractivity contribution is 0.315. The third-order valence-corrected chi connectivity index (χ3v) is 2.62. The van der Waals surface area contributed by atoms with E-state index in [2.05, 4.69) is 36.2 Å². The predicted octanol–water partition coefficient (Wildman–Crippen LogP) is 2.26. The van der Waals surface area contributed by atoms with Gasteiger partial charge in [0.1, 0.15) is 0 Å². The average molecular weight is 211 g/mol. The van der Waals surface area contributed by atoms with Gasteiger partial charge in [-0.3, -0.25) is 0 Å². The lowest BCUT2D eigenvalue weighted by Gasteiger charge is -2.20. The maximum absolute atomic E-state index is 5.22. The van der Waals surface area contributed by atoms with E-state index in [1.807, 2.05) is 6.92 Å². The molecule has 0 aliphatic heterocycles. The molecule has 0 bridgehead atoms. The zero-order valence-corrected chi connectivity index (χ0v) is 10.1. The third-order valence-electron chi connectivity index (χ3n) is 2.62. The zero-order valence-electron chi connectivity index (χ0n) is 10.1. The Kier molecular flexibility index (Phi) is 4.75. The first-order valence-electron chi connectivity index (χ1n) is 5.72. The van der Waals surface area contributed by atoms with Gasteiger partial charge in [0.05, 0.1) is 5.92 Å². The second-order valence-electron chi connectivity index (χ2n) is 3.94. The van der Waals surface area contributed by atoms with Crippen LogP contribution < -0.4 is 5.32 Å². The van der Waals surface area contributed by atoms with Crippen LogP contribution in [0.5, 0.6) is 0 Å². The van der Waals surface area contributed by atoms with Crippen molar-refractivity contribution >= 4 is 0 Å². The van der Waals surface area contributed by atoms with Crippen molar-refractivity contribution in [2.45, 2.75) is 52.5 Å². The number of hydrogen-bond donors (Lipinski definition) is 1. The molecule has 2 atom stereocenters. The summed E-state index contributed by atoms with van der Waals surface area (Å²) in [6, 6.07) is 0.384. The number of aryl methyl sites for hydroxylation is 1. The van der Waals surface area contributed by atoms with E-state index in [0.29, 0.717) is 17.8 Å². The Labute approximate surface area is 91.5 Å². The Hall–Kier alpha value is -0.900. The van der Waals surface area contributed by atoms with Gasteiger partial charge in [0, 0.05) is 6.04 Å². The minimum Gasteiger partial charge on any atom is -0.339 e. The molecule has 0 amide bonds. The van der Waals surface area contributed by atoms with Crippen LogP contribution in [0.4, 0.5) is 0 Å². The highest BCUT2D eigenvalue weighted by Gasteiger charge is 2.22. The molecular weight excluding hydrogens is 190 g/mol. The number of nitrogens with zero attached hydrogens (tertiary/aromatic N) is 2. The van der Waals surface area contributed by atoms with Gasteiger partial charge < -0.3 is 9.84 Å². The van der Waals surface area contributed by atoms with Gasteiger partial charge in [0.2, 0.25) is 5.89 Å². The normalized spacial score (nSPS) is 15.2. The predicted molar refractivity (Wildman–Crippen MR) is 59.8 cm³/mol. The monoisotopic (exact) mass is 211 g/mol. The van der Waals surface area contributed by atoms with Crippen molar-refractivity contribution in [3.05, 3.63) is 11.7 Å². The molecule has 86 valence electrons. The summed E-state index contributed by atoms with van der Waals surface area (Å²) in [5.74, 6) is 1.79. The van der Waals surface area contributed by atoms with E-state index >= 15 is 0 Å². The second-order valence-corrected chi connectivity index (χ2v) is 3.94. The molecule has 1 N–H and O–H groups in total. The van der Waals surface area contributed by atoms with E-state index in [9.17, 15) is 0 Å². The summed E-state index contributed by atoms with van der Waals surface area (Å²) in [6.07, 6.45) is 2.16. The van der Waals surface area contributed by atoms with Crippen LogP contribution in [-0.4, -0.2) is 22.7 Å². The van der Waals surface area contributed by atoms with Crippen molar-refractivity contribution in [3.8, 4) is 0 Å². The Morgan fingerprint density at radius 2 is 2.13 bits per heavy atom. The van der Waals surface area contributed by atoms with Gasteiger partial charge >= 0.3 is 0 Å². The van der Waals surface area contributed by atoms with Crippen LogP contribution in [0.15, 0.2) is 4.52 Å². The fourth-order valence-corrected chi connectivity index (χ4v) is 1.72. The van der Waals surface area contributed by atoms with E-state index in [1.165, 1.54) is 0 Å². The molecule has 4 nitrogen and oxygen atoms in total. The van der Waals surface area contributed by atoms with E-state index in [0.717, 1.165) is 25.3 Å². The molecular formula is C11H21N3O. The smallest absolute Gasteiger partial charge is 0.231 e. The van der Waals surface area contributed by atoms with Crippen LogP contribution in [-0.2, 0) is 0 Å². The van der Waals surface area contributed by atoms with Gasteiger partial charge in [0.15, 0.2) is 5.82 Å². The topological polar surface area (TPSA) is 51.0 Å². The molecule has 0 aliphatic rings. The number of aromatic nitrogens is 2. The summed E-state index contributed by atoms with van der Waals surface area (Å²) >= 11 is 0. The summed E-state index contributed by atoms with van der Waals surface area (Å²) in [4.78, 5) is 4.29. The molecule has 1 aromatic heterocycles. The maximum Gasteiger partial charge on any atom is 0.231 e. The van der Waals surface area contributed by atoms with Gasteiger partial charge in [-0.15, -0.1) is 0 Å². The van der Waals surface area contributed by atoms with Crippen molar-refractivity contribution in [2.24, 2.45) is 0 Å². The first kappa shape index (κ1) is 12.2. The van der Waals surface area contributed by atoms with Crippen molar-refractivity contribution in [3.63, 3.8) is 0 Å². The van der Waals surface area contributed by atoms with Crippen molar-refractivity contribution in [2.75, 3.05) is 6.54 Å². The fraction of sp³-hybridized carbons (Fsp3) is 0.818. The fourth-order valence-electron chi connectivity index (χ4n) is 1.72. The van der Waals surface area contributed by atoms with Gasteiger partial charge in [-0.1, -0.05) is 19.0 Å². The average Bonchev–Trinajstić information content (AvgIpc) is 2.63. The van der Waals surface area contributed by atoms with E-state index < -0.39 is 0 Å². The van der Waals surface area contributed by atoms with Crippen molar-refractivity contribution in [1.29, 1.82) is 0 Å². The standard InChI is InChI=1S/C11H21N3O/c1-5-7-12-8(3)10(6-2)11-13-9(4)14-15-11/h8,10,12H,5-7H2,1-4H3. The highest BCUT2D eigenvalue weighted by atomic mass is 16.5. The van der Waals surface area contributed by atoms with Crippen LogP contribution in [0, 0.1) is 6.92 Å². The SMILES string of the molecule is CCCNC(C)C(CC)c1nc(C)no1. The van der Waals surface area contributed by atoms with Gasteiger partial charge in [-0.05, 0) is 33.2 Å². The third kappa shape index (κ3) is 3.30.